The molecule has 0 atom stereocenters. The molecule has 1 aromatic carbocycles. The Morgan fingerprint density at radius 1 is 1.20 bits per heavy atom. The summed E-state index contributed by atoms with van der Waals surface area (Å²) in [5.41, 5.74) is 7.20. The molecule has 0 unspecified atom stereocenters. The van der Waals surface area contributed by atoms with Gasteiger partial charge in [-0.05, 0) is 31.2 Å². The molecule has 2 aromatic rings. The minimum absolute atomic E-state index is 0.689. The summed E-state index contributed by atoms with van der Waals surface area (Å²) < 4.78 is 5.65. The fourth-order valence-electron chi connectivity index (χ4n) is 1.28. The minimum Gasteiger partial charge on any atom is -0.455 e. The number of ether oxygens (including phenoxy) is 1. The summed E-state index contributed by atoms with van der Waals surface area (Å²) in [4.78, 5) is 4.14. The quantitative estimate of drug-likeness (QED) is 0.758. The van der Waals surface area contributed by atoms with E-state index in [1.165, 1.54) is 0 Å². The second-order valence-electron chi connectivity index (χ2n) is 3.26. The van der Waals surface area contributed by atoms with Crippen LogP contribution < -0.4 is 10.5 Å². The number of benzene rings is 1. The summed E-state index contributed by atoms with van der Waals surface area (Å²) in [5.74, 6) is 1.48. The molecule has 76 valence electrons. The molecule has 0 aliphatic carbocycles. The van der Waals surface area contributed by atoms with Crippen LogP contribution in [0.5, 0.6) is 11.5 Å². The Morgan fingerprint density at radius 2 is 2.07 bits per heavy atom. The molecule has 1 heterocycles. The molecule has 0 saturated carbocycles. The third kappa shape index (κ3) is 2.26. The Labute approximate surface area is 88.5 Å². The lowest BCUT2D eigenvalue weighted by atomic mass is 10.3. The molecular formula is C12H12N2O. The maximum atomic E-state index is 5.65. The zero-order chi connectivity index (χ0) is 10.7. The number of pyridine rings is 1. The van der Waals surface area contributed by atoms with Crippen LogP contribution in [0.2, 0.25) is 0 Å². The third-order valence-corrected chi connectivity index (χ3v) is 2.04. The fourth-order valence-corrected chi connectivity index (χ4v) is 1.28. The van der Waals surface area contributed by atoms with Crippen molar-refractivity contribution in [2.24, 2.45) is 0 Å². The Hall–Kier alpha value is -2.03. The first kappa shape index (κ1) is 9.52. The minimum atomic E-state index is 0.689. The third-order valence-electron chi connectivity index (χ3n) is 2.04. The number of aromatic nitrogens is 1. The van der Waals surface area contributed by atoms with E-state index >= 15 is 0 Å². The predicted molar refractivity (Wildman–Crippen MR) is 59.9 cm³/mol. The van der Waals surface area contributed by atoms with Gasteiger partial charge in [-0.15, -0.1) is 0 Å². The SMILES string of the molecule is Cc1ncccc1Oc1cccc(N)c1. The first-order valence-corrected chi connectivity index (χ1v) is 4.71. The lowest BCUT2D eigenvalue weighted by molar-refractivity contribution is 0.476. The van der Waals surface area contributed by atoms with Gasteiger partial charge in [-0.1, -0.05) is 6.07 Å². The van der Waals surface area contributed by atoms with E-state index in [4.69, 9.17) is 10.5 Å². The van der Waals surface area contributed by atoms with Crippen molar-refractivity contribution in [1.82, 2.24) is 4.98 Å². The highest BCUT2D eigenvalue weighted by Crippen LogP contribution is 2.24. The maximum absolute atomic E-state index is 5.65. The highest BCUT2D eigenvalue weighted by atomic mass is 16.5. The normalized spacial score (nSPS) is 9.93. The molecule has 15 heavy (non-hydrogen) atoms. The van der Waals surface area contributed by atoms with Crippen LogP contribution >= 0.6 is 0 Å². The fraction of sp³-hybridized carbons (Fsp3) is 0.0833. The lowest BCUT2D eigenvalue weighted by Crippen LogP contribution is -1.90. The summed E-state index contributed by atoms with van der Waals surface area (Å²) in [7, 11) is 0. The van der Waals surface area contributed by atoms with Crippen molar-refractivity contribution in [2.45, 2.75) is 6.92 Å². The van der Waals surface area contributed by atoms with Gasteiger partial charge >= 0.3 is 0 Å². The van der Waals surface area contributed by atoms with Gasteiger partial charge in [0.25, 0.3) is 0 Å². The van der Waals surface area contributed by atoms with E-state index in [1.54, 1.807) is 12.3 Å². The number of nitrogen functional groups attached to an aromatic ring is 1. The number of hydrogen-bond donors (Lipinski definition) is 1. The van der Waals surface area contributed by atoms with Crippen LogP contribution in [0.1, 0.15) is 5.69 Å². The molecule has 2 N–H and O–H groups in total. The van der Waals surface area contributed by atoms with Gasteiger partial charge in [0.05, 0.1) is 5.69 Å². The van der Waals surface area contributed by atoms with Crippen LogP contribution in [0.4, 0.5) is 5.69 Å². The average Bonchev–Trinajstić information content (AvgIpc) is 2.22. The van der Waals surface area contributed by atoms with E-state index in [1.807, 2.05) is 37.3 Å². The first-order chi connectivity index (χ1) is 7.25. The number of nitrogens with two attached hydrogens (primary N) is 1. The molecule has 3 heteroatoms. The molecule has 0 amide bonds. The Kier molecular flexibility index (Phi) is 2.54. The molecule has 0 fully saturated rings. The molecule has 0 aliphatic rings. The number of hydrogen-bond acceptors (Lipinski definition) is 3. The van der Waals surface area contributed by atoms with Crippen molar-refractivity contribution in [3.63, 3.8) is 0 Å². The standard InChI is InChI=1S/C12H12N2O/c1-9-12(6-3-7-14-9)15-11-5-2-4-10(13)8-11/h2-8H,13H2,1H3. The average molecular weight is 200 g/mol. The molecule has 1 aromatic heterocycles. The van der Waals surface area contributed by atoms with E-state index in [-0.39, 0.29) is 0 Å². The van der Waals surface area contributed by atoms with Gasteiger partial charge in [-0.2, -0.15) is 0 Å². The molecule has 0 saturated heterocycles. The van der Waals surface area contributed by atoms with Crippen LogP contribution in [0.25, 0.3) is 0 Å². The van der Waals surface area contributed by atoms with Gasteiger partial charge in [0.1, 0.15) is 11.5 Å². The van der Waals surface area contributed by atoms with Crippen molar-refractivity contribution in [1.29, 1.82) is 0 Å². The van der Waals surface area contributed by atoms with E-state index in [9.17, 15) is 0 Å². The van der Waals surface area contributed by atoms with E-state index in [0.29, 0.717) is 5.69 Å². The van der Waals surface area contributed by atoms with E-state index in [2.05, 4.69) is 4.98 Å². The molecular weight excluding hydrogens is 188 g/mol. The molecule has 0 bridgehead atoms. The zero-order valence-corrected chi connectivity index (χ0v) is 8.47. The van der Waals surface area contributed by atoms with E-state index in [0.717, 1.165) is 17.2 Å². The van der Waals surface area contributed by atoms with Crippen LogP contribution in [-0.4, -0.2) is 4.98 Å². The number of anilines is 1. The van der Waals surface area contributed by atoms with Gasteiger partial charge in [-0.25, -0.2) is 0 Å². The second kappa shape index (κ2) is 4.00. The van der Waals surface area contributed by atoms with Crippen molar-refractivity contribution in [2.75, 3.05) is 5.73 Å². The van der Waals surface area contributed by atoms with Gasteiger partial charge in [0.2, 0.25) is 0 Å². The van der Waals surface area contributed by atoms with Crippen LogP contribution in [0.3, 0.4) is 0 Å². The van der Waals surface area contributed by atoms with Crippen molar-refractivity contribution in [3.05, 3.63) is 48.3 Å². The topological polar surface area (TPSA) is 48.1 Å². The summed E-state index contributed by atoms with van der Waals surface area (Å²) >= 11 is 0. The largest absolute Gasteiger partial charge is 0.455 e. The van der Waals surface area contributed by atoms with Gasteiger partial charge < -0.3 is 10.5 Å². The number of rotatable bonds is 2. The Balaban J connectivity index is 2.26. The molecule has 0 spiro atoms. The van der Waals surface area contributed by atoms with Gasteiger partial charge in [0.15, 0.2) is 0 Å². The molecule has 3 nitrogen and oxygen atoms in total. The van der Waals surface area contributed by atoms with Crippen LogP contribution in [0.15, 0.2) is 42.6 Å². The Morgan fingerprint density at radius 3 is 2.80 bits per heavy atom. The van der Waals surface area contributed by atoms with Crippen LogP contribution in [-0.2, 0) is 0 Å². The monoisotopic (exact) mass is 200 g/mol. The maximum Gasteiger partial charge on any atom is 0.148 e. The zero-order valence-electron chi connectivity index (χ0n) is 8.47. The number of aryl methyl sites for hydroxylation is 1. The van der Waals surface area contributed by atoms with Crippen LogP contribution in [0, 0.1) is 6.92 Å². The Bertz CT molecular complexity index is 469. The van der Waals surface area contributed by atoms with Gasteiger partial charge in [-0.3, -0.25) is 4.98 Å². The van der Waals surface area contributed by atoms with Crippen molar-refractivity contribution in [3.8, 4) is 11.5 Å². The molecule has 0 radical (unpaired) electrons. The molecule has 2 rings (SSSR count). The highest BCUT2D eigenvalue weighted by molar-refractivity contribution is 5.45. The summed E-state index contributed by atoms with van der Waals surface area (Å²) in [5, 5.41) is 0. The number of nitrogens with zero attached hydrogens (tertiary/aromatic N) is 1. The molecule has 0 aliphatic heterocycles. The van der Waals surface area contributed by atoms with Crippen molar-refractivity contribution < 1.29 is 4.74 Å². The van der Waals surface area contributed by atoms with E-state index < -0.39 is 0 Å². The smallest absolute Gasteiger partial charge is 0.148 e. The second-order valence-corrected chi connectivity index (χ2v) is 3.26. The van der Waals surface area contributed by atoms with Gasteiger partial charge in [0, 0.05) is 18.0 Å². The summed E-state index contributed by atoms with van der Waals surface area (Å²) in [6.07, 6.45) is 1.74. The first-order valence-electron chi connectivity index (χ1n) is 4.71. The summed E-state index contributed by atoms with van der Waals surface area (Å²) in [6.45, 7) is 1.90. The highest BCUT2D eigenvalue weighted by Gasteiger charge is 2.00. The lowest BCUT2D eigenvalue weighted by Gasteiger charge is -2.07. The van der Waals surface area contributed by atoms with Crippen molar-refractivity contribution >= 4 is 5.69 Å². The predicted octanol–water partition coefficient (Wildman–Crippen LogP) is 2.76. The summed E-state index contributed by atoms with van der Waals surface area (Å²) in [6, 6.07) is 11.1.